The first-order chi connectivity index (χ1) is 16.8. The van der Waals surface area contributed by atoms with Crippen LogP contribution in [0.5, 0.6) is 28.7 Å². The van der Waals surface area contributed by atoms with Gasteiger partial charge in [0.25, 0.3) is 0 Å². The van der Waals surface area contributed by atoms with Crippen molar-refractivity contribution in [1.82, 2.24) is 0 Å². The van der Waals surface area contributed by atoms with Crippen LogP contribution in [0.2, 0.25) is 39.3 Å². The molecule has 0 amide bonds. The van der Waals surface area contributed by atoms with E-state index in [0.29, 0.717) is 29.8 Å². The van der Waals surface area contributed by atoms with Crippen LogP contribution in [0.3, 0.4) is 0 Å². The molecule has 2 aromatic carbocycles. The van der Waals surface area contributed by atoms with Gasteiger partial charge < -0.3 is 28.4 Å². The van der Waals surface area contributed by atoms with Gasteiger partial charge >= 0.3 is 0 Å². The molecular formula is C26H36INO6Si2. The SMILES string of the molecule is COc1cc(C2=N[C@@H](C)CO2)c(-c2c(I)c([Si](C)(C)C)c3c(c2[Si](C)(C)C)OCO3)c(OC)c1OC. The molecule has 0 fully saturated rings. The molecule has 36 heavy (non-hydrogen) atoms. The van der Waals surface area contributed by atoms with Crippen molar-refractivity contribution in [2.45, 2.75) is 52.2 Å². The first kappa shape index (κ1) is 27.1. The predicted molar refractivity (Wildman–Crippen MR) is 158 cm³/mol. The molecule has 0 saturated carbocycles. The molecule has 4 rings (SSSR count). The van der Waals surface area contributed by atoms with Crippen molar-refractivity contribution in [1.29, 1.82) is 0 Å². The normalized spacial score (nSPS) is 17.1. The van der Waals surface area contributed by atoms with E-state index in [1.165, 1.54) is 10.4 Å². The van der Waals surface area contributed by atoms with Gasteiger partial charge in [-0.05, 0) is 46.0 Å². The summed E-state index contributed by atoms with van der Waals surface area (Å²) in [4.78, 5) is 4.82. The Balaban J connectivity index is 2.27. The lowest BCUT2D eigenvalue weighted by Crippen LogP contribution is -2.46. The maximum Gasteiger partial charge on any atom is 0.231 e. The van der Waals surface area contributed by atoms with Gasteiger partial charge in [-0.25, -0.2) is 4.99 Å². The maximum atomic E-state index is 6.24. The van der Waals surface area contributed by atoms with Gasteiger partial charge in [-0.2, -0.15) is 0 Å². The molecule has 7 nitrogen and oxygen atoms in total. The average molecular weight is 642 g/mol. The van der Waals surface area contributed by atoms with E-state index in [0.717, 1.165) is 31.8 Å². The summed E-state index contributed by atoms with van der Waals surface area (Å²) in [6.45, 7) is 16.8. The number of halogens is 1. The minimum absolute atomic E-state index is 0.0665. The van der Waals surface area contributed by atoms with E-state index >= 15 is 0 Å². The summed E-state index contributed by atoms with van der Waals surface area (Å²) in [5.41, 5.74) is 2.81. The number of rotatable bonds is 7. The maximum absolute atomic E-state index is 6.24. The van der Waals surface area contributed by atoms with Gasteiger partial charge in [0.15, 0.2) is 23.0 Å². The second-order valence-corrected chi connectivity index (χ2v) is 22.2. The standard InChI is InChI=1S/C26H36INO6Si2/c1-14-12-32-26(28-14)15-11-16(29-2)20(30-3)21(31-4)17(15)18-19(27)25(36(8,9)10)23-22(33-13-34-23)24(18)35(5,6)7/h11,14H,12-13H2,1-10H3/t14-/m0/s1. The van der Waals surface area contributed by atoms with Gasteiger partial charge in [0.05, 0.1) is 49.1 Å². The molecule has 2 aliphatic heterocycles. The first-order valence-corrected chi connectivity index (χ1v) is 20.1. The van der Waals surface area contributed by atoms with Crippen LogP contribution in [0.4, 0.5) is 0 Å². The zero-order valence-electron chi connectivity index (χ0n) is 22.8. The van der Waals surface area contributed by atoms with Crippen LogP contribution in [-0.4, -0.2) is 62.8 Å². The zero-order valence-corrected chi connectivity index (χ0v) is 27.0. The molecule has 0 unspecified atom stereocenters. The molecular weight excluding hydrogens is 605 g/mol. The third kappa shape index (κ3) is 4.49. The molecule has 0 spiro atoms. The van der Waals surface area contributed by atoms with E-state index in [4.69, 9.17) is 33.4 Å². The third-order valence-corrected chi connectivity index (χ3v) is 11.9. The zero-order chi connectivity index (χ0) is 26.6. The molecule has 0 N–H and O–H groups in total. The predicted octanol–water partition coefficient (Wildman–Crippen LogP) is 4.97. The molecule has 10 heteroatoms. The number of hydrogen-bond acceptors (Lipinski definition) is 7. The Bertz CT molecular complexity index is 1230. The summed E-state index contributed by atoms with van der Waals surface area (Å²) in [7, 11) is 1.07. The van der Waals surface area contributed by atoms with Gasteiger partial charge in [-0.15, -0.1) is 0 Å². The van der Waals surface area contributed by atoms with E-state index in [9.17, 15) is 0 Å². The van der Waals surface area contributed by atoms with Crippen LogP contribution in [-0.2, 0) is 4.74 Å². The number of benzene rings is 2. The van der Waals surface area contributed by atoms with Crippen molar-refractivity contribution in [3.63, 3.8) is 0 Å². The number of ether oxygens (including phenoxy) is 6. The summed E-state index contributed by atoms with van der Waals surface area (Å²) in [5.74, 6) is 4.05. The summed E-state index contributed by atoms with van der Waals surface area (Å²) < 4.78 is 37.3. The summed E-state index contributed by atoms with van der Waals surface area (Å²) in [5, 5.41) is 2.44. The third-order valence-electron chi connectivity index (χ3n) is 6.37. The highest BCUT2D eigenvalue weighted by atomic mass is 127. The van der Waals surface area contributed by atoms with Gasteiger partial charge in [0, 0.05) is 14.7 Å². The van der Waals surface area contributed by atoms with Crippen LogP contribution in [0.25, 0.3) is 11.1 Å². The highest BCUT2D eigenvalue weighted by Gasteiger charge is 2.41. The molecule has 2 aliphatic rings. The minimum atomic E-state index is -1.99. The van der Waals surface area contributed by atoms with Gasteiger partial charge in [-0.1, -0.05) is 39.3 Å². The molecule has 0 bridgehead atoms. The van der Waals surface area contributed by atoms with Crippen molar-refractivity contribution < 1.29 is 28.4 Å². The van der Waals surface area contributed by atoms with Gasteiger partial charge in [0.1, 0.15) is 6.61 Å². The summed E-state index contributed by atoms with van der Waals surface area (Å²) >= 11 is 2.50. The minimum Gasteiger partial charge on any atom is -0.493 e. The van der Waals surface area contributed by atoms with Gasteiger partial charge in [-0.3, -0.25) is 0 Å². The topological polar surface area (TPSA) is 67.7 Å². The van der Waals surface area contributed by atoms with Crippen molar-refractivity contribution in [3.05, 3.63) is 15.2 Å². The molecule has 196 valence electrons. The lowest BCUT2D eigenvalue weighted by molar-refractivity contribution is 0.175. The number of aliphatic imine (C=N–C) groups is 1. The van der Waals surface area contributed by atoms with Crippen LogP contribution in [0.1, 0.15) is 12.5 Å². The Morgan fingerprint density at radius 2 is 1.42 bits per heavy atom. The summed E-state index contributed by atoms with van der Waals surface area (Å²) in [6, 6.07) is 2.02. The monoisotopic (exact) mass is 641 g/mol. The smallest absolute Gasteiger partial charge is 0.231 e. The highest BCUT2D eigenvalue weighted by molar-refractivity contribution is 14.1. The largest absolute Gasteiger partial charge is 0.493 e. The molecule has 0 aromatic heterocycles. The average Bonchev–Trinajstić information content (AvgIpc) is 3.43. The Morgan fingerprint density at radius 3 is 1.89 bits per heavy atom. The highest BCUT2D eigenvalue weighted by Crippen LogP contribution is 2.50. The van der Waals surface area contributed by atoms with Crippen LogP contribution >= 0.6 is 22.6 Å². The number of methoxy groups -OCH3 is 3. The summed E-state index contributed by atoms with van der Waals surface area (Å²) in [6.07, 6.45) is 0. The molecule has 0 aliphatic carbocycles. The number of nitrogens with zero attached hydrogens (tertiary/aromatic N) is 1. The van der Waals surface area contributed by atoms with Crippen LogP contribution < -0.4 is 34.1 Å². The number of fused-ring (bicyclic) bond motifs is 1. The molecule has 2 aromatic rings. The van der Waals surface area contributed by atoms with E-state index in [1.54, 1.807) is 21.3 Å². The fourth-order valence-electron chi connectivity index (χ4n) is 4.91. The lowest BCUT2D eigenvalue weighted by Gasteiger charge is -2.31. The van der Waals surface area contributed by atoms with Crippen molar-refractivity contribution in [2.24, 2.45) is 4.99 Å². The van der Waals surface area contributed by atoms with Crippen molar-refractivity contribution in [3.8, 4) is 39.9 Å². The molecule has 1 atom stereocenters. The Labute approximate surface area is 229 Å². The molecule has 2 heterocycles. The van der Waals surface area contributed by atoms with Crippen LogP contribution in [0.15, 0.2) is 11.1 Å². The van der Waals surface area contributed by atoms with E-state index in [-0.39, 0.29) is 12.8 Å². The fraction of sp³-hybridized carbons (Fsp3) is 0.500. The number of hydrogen-bond donors (Lipinski definition) is 0. The van der Waals surface area contributed by atoms with E-state index in [2.05, 4.69) is 61.9 Å². The van der Waals surface area contributed by atoms with Crippen molar-refractivity contribution >= 4 is 55.0 Å². The van der Waals surface area contributed by atoms with E-state index < -0.39 is 16.1 Å². The Morgan fingerprint density at radius 1 is 0.833 bits per heavy atom. The quantitative estimate of drug-likeness (QED) is 0.315. The molecule has 0 radical (unpaired) electrons. The first-order valence-electron chi connectivity index (χ1n) is 12.0. The van der Waals surface area contributed by atoms with Gasteiger partial charge in [0.2, 0.25) is 18.4 Å². The van der Waals surface area contributed by atoms with E-state index in [1.807, 2.05) is 13.0 Å². The Kier molecular flexibility index (Phi) is 7.34. The fourth-order valence-corrected chi connectivity index (χ4v) is 11.9. The second-order valence-electron chi connectivity index (χ2n) is 11.2. The Hall–Kier alpha value is -1.93. The lowest BCUT2D eigenvalue weighted by atomic mass is 9.96. The molecule has 0 saturated heterocycles. The second kappa shape index (κ2) is 9.75. The van der Waals surface area contributed by atoms with Crippen LogP contribution in [0, 0.1) is 3.57 Å². The van der Waals surface area contributed by atoms with Crippen molar-refractivity contribution in [2.75, 3.05) is 34.7 Å².